The Hall–Kier alpha value is -1.04. The van der Waals surface area contributed by atoms with Gasteiger partial charge < -0.3 is 16.2 Å². The van der Waals surface area contributed by atoms with Crippen LogP contribution < -0.4 is 11.1 Å². The Labute approximate surface area is 129 Å². The van der Waals surface area contributed by atoms with Gasteiger partial charge >= 0.3 is 5.97 Å². The molecule has 0 spiro atoms. The van der Waals surface area contributed by atoms with Gasteiger partial charge in [0.25, 0.3) is 0 Å². The second-order valence-electron chi connectivity index (χ2n) is 6.07. The van der Waals surface area contributed by atoms with Crippen molar-refractivity contribution in [3.63, 3.8) is 0 Å². The van der Waals surface area contributed by atoms with Gasteiger partial charge in [-0.05, 0) is 49.8 Å². The number of carboxylic acid groups (broad SMARTS) is 1. The van der Waals surface area contributed by atoms with Crippen LogP contribution >= 0.6 is 11.8 Å². The molecule has 1 saturated carbocycles. The summed E-state index contributed by atoms with van der Waals surface area (Å²) in [6.07, 6.45) is 4.82. The first-order valence-electron chi connectivity index (χ1n) is 7.61. The van der Waals surface area contributed by atoms with E-state index in [1.54, 1.807) is 0 Å². The van der Waals surface area contributed by atoms with Gasteiger partial charge in [-0.1, -0.05) is 24.6 Å². The zero-order valence-corrected chi connectivity index (χ0v) is 12.9. The summed E-state index contributed by atoms with van der Waals surface area (Å²) >= 11 is 1.97. The van der Waals surface area contributed by atoms with Crippen LogP contribution in [0.3, 0.4) is 0 Å². The lowest BCUT2D eigenvalue weighted by molar-refractivity contribution is -0.138. The Bertz CT molecular complexity index is 537. The average molecular weight is 306 g/mol. The van der Waals surface area contributed by atoms with Crippen molar-refractivity contribution < 1.29 is 9.90 Å². The predicted octanol–water partition coefficient (Wildman–Crippen LogP) is 2.22. The number of hydrogen-bond acceptors (Lipinski definition) is 4. The van der Waals surface area contributed by atoms with Crippen molar-refractivity contribution >= 4 is 17.7 Å². The minimum atomic E-state index is -0.900. The summed E-state index contributed by atoms with van der Waals surface area (Å²) in [4.78, 5) is 12.3. The fourth-order valence-corrected chi connectivity index (χ4v) is 4.60. The maximum Gasteiger partial charge on any atom is 0.320 e. The molecule has 0 saturated heterocycles. The predicted molar refractivity (Wildman–Crippen MR) is 84.3 cm³/mol. The molecule has 0 bridgehead atoms. The molecule has 1 aliphatic heterocycles. The Morgan fingerprint density at radius 3 is 3.10 bits per heavy atom. The second kappa shape index (κ2) is 5.99. The van der Waals surface area contributed by atoms with Crippen molar-refractivity contribution in [3.8, 4) is 0 Å². The SMILES string of the molecule is NC(CCCCNC12CC1Cc1ccccc1S2)C(=O)O. The first-order chi connectivity index (χ1) is 10.1. The van der Waals surface area contributed by atoms with E-state index in [2.05, 4.69) is 29.6 Å². The number of nitrogens with one attached hydrogen (secondary N) is 1. The number of carboxylic acids is 1. The molecule has 1 aromatic carbocycles. The lowest BCUT2D eigenvalue weighted by Gasteiger charge is -2.25. The monoisotopic (exact) mass is 306 g/mol. The third kappa shape index (κ3) is 3.25. The fourth-order valence-electron chi connectivity index (χ4n) is 3.07. The summed E-state index contributed by atoms with van der Waals surface area (Å²) in [6, 6.07) is 7.96. The zero-order chi connectivity index (χ0) is 14.9. The molecule has 3 unspecified atom stereocenters. The van der Waals surface area contributed by atoms with Gasteiger partial charge in [0.1, 0.15) is 6.04 Å². The van der Waals surface area contributed by atoms with Crippen LogP contribution in [0.1, 0.15) is 31.2 Å². The average Bonchev–Trinajstić information content (AvgIpc) is 3.16. The van der Waals surface area contributed by atoms with E-state index in [9.17, 15) is 4.79 Å². The Balaban J connectivity index is 1.43. The molecular formula is C16H22N2O2S. The van der Waals surface area contributed by atoms with Gasteiger partial charge in [0, 0.05) is 4.90 Å². The number of unbranched alkanes of at least 4 members (excludes halogenated alkanes) is 1. The second-order valence-corrected chi connectivity index (χ2v) is 7.44. The maximum atomic E-state index is 10.6. The molecule has 5 heteroatoms. The Kier molecular flexibility index (Phi) is 4.24. The van der Waals surface area contributed by atoms with E-state index >= 15 is 0 Å². The summed E-state index contributed by atoms with van der Waals surface area (Å²) in [7, 11) is 0. The normalized spacial score (nSPS) is 27.6. The number of benzene rings is 1. The first-order valence-corrected chi connectivity index (χ1v) is 8.43. The topological polar surface area (TPSA) is 75.3 Å². The van der Waals surface area contributed by atoms with Crippen LogP contribution in [0.15, 0.2) is 29.2 Å². The summed E-state index contributed by atoms with van der Waals surface area (Å²) in [6.45, 7) is 0.942. The number of aliphatic carboxylic acids is 1. The minimum Gasteiger partial charge on any atom is -0.480 e. The van der Waals surface area contributed by atoms with Crippen LogP contribution in [0.5, 0.6) is 0 Å². The highest BCUT2D eigenvalue weighted by molar-refractivity contribution is 8.01. The largest absolute Gasteiger partial charge is 0.480 e. The van der Waals surface area contributed by atoms with E-state index in [0.29, 0.717) is 6.42 Å². The summed E-state index contributed by atoms with van der Waals surface area (Å²) < 4.78 is 0. The summed E-state index contributed by atoms with van der Waals surface area (Å²) in [5.74, 6) is -0.151. The lowest BCUT2D eigenvalue weighted by atomic mass is 10.1. The summed E-state index contributed by atoms with van der Waals surface area (Å²) in [5.41, 5.74) is 6.99. The third-order valence-corrected chi connectivity index (χ3v) is 6.09. The van der Waals surface area contributed by atoms with Gasteiger partial charge in [-0.25, -0.2) is 0 Å². The number of hydrogen-bond donors (Lipinski definition) is 3. The van der Waals surface area contributed by atoms with Gasteiger partial charge in [0.15, 0.2) is 0 Å². The maximum absolute atomic E-state index is 10.6. The molecule has 1 aliphatic carbocycles. The molecular weight excluding hydrogens is 284 g/mol. The van der Waals surface area contributed by atoms with E-state index in [4.69, 9.17) is 10.8 Å². The van der Waals surface area contributed by atoms with Crippen LogP contribution in [0.2, 0.25) is 0 Å². The van der Waals surface area contributed by atoms with E-state index in [1.807, 2.05) is 11.8 Å². The highest BCUT2D eigenvalue weighted by atomic mass is 32.2. The third-order valence-electron chi connectivity index (χ3n) is 4.46. The fraction of sp³-hybridized carbons (Fsp3) is 0.562. The molecule has 0 radical (unpaired) electrons. The van der Waals surface area contributed by atoms with Crippen molar-refractivity contribution in [2.75, 3.05) is 6.54 Å². The van der Waals surface area contributed by atoms with Crippen LogP contribution in [0, 0.1) is 5.92 Å². The Morgan fingerprint density at radius 1 is 1.48 bits per heavy atom. The van der Waals surface area contributed by atoms with Gasteiger partial charge in [-0.15, -0.1) is 11.8 Å². The van der Waals surface area contributed by atoms with Crippen molar-refractivity contribution in [3.05, 3.63) is 29.8 Å². The molecule has 0 aromatic heterocycles. The van der Waals surface area contributed by atoms with Crippen LogP contribution in [-0.2, 0) is 11.2 Å². The molecule has 1 fully saturated rings. The highest BCUT2D eigenvalue weighted by Gasteiger charge is 2.56. The first kappa shape index (κ1) is 14.9. The summed E-state index contributed by atoms with van der Waals surface area (Å²) in [5, 5.41) is 12.4. The van der Waals surface area contributed by atoms with Gasteiger partial charge in [-0.2, -0.15) is 0 Å². The van der Waals surface area contributed by atoms with Crippen LogP contribution in [0.25, 0.3) is 0 Å². The van der Waals surface area contributed by atoms with E-state index in [0.717, 1.165) is 25.3 Å². The number of fused-ring (bicyclic) bond motifs is 2. The van der Waals surface area contributed by atoms with Crippen LogP contribution in [0.4, 0.5) is 0 Å². The molecule has 3 atom stereocenters. The number of carbonyl (C=O) groups is 1. The van der Waals surface area contributed by atoms with E-state index < -0.39 is 12.0 Å². The van der Waals surface area contributed by atoms with Gasteiger partial charge in [0.05, 0.1) is 4.87 Å². The van der Waals surface area contributed by atoms with E-state index in [-0.39, 0.29) is 4.87 Å². The number of thioether (sulfide) groups is 1. The highest BCUT2D eigenvalue weighted by Crippen LogP contribution is 2.60. The number of rotatable bonds is 7. The zero-order valence-electron chi connectivity index (χ0n) is 12.0. The lowest BCUT2D eigenvalue weighted by Crippen LogP contribution is -2.34. The molecule has 114 valence electrons. The quantitative estimate of drug-likeness (QED) is 0.674. The standard InChI is InChI=1S/C16H22N2O2S/c17-13(15(19)20)6-3-4-8-18-16-10-12(16)9-11-5-1-2-7-14(11)21-16/h1-2,5,7,12-13,18H,3-4,6,8-10,17H2,(H,19,20). The molecule has 4 N–H and O–H groups in total. The van der Waals surface area contributed by atoms with Gasteiger partial charge in [0.2, 0.25) is 0 Å². The Morgan fingerprint density at radius 2 is 2.29 bits per heavy atom. The minimum absolute atomic E-state index is 0.239. The molecule has 2 aliphatic rings. The van der Waals surface area contributed by atoms with Crippen molar-refractivity contribution in [2.45, 2.75) is 47.9 Å². The molecule has 1 aromatic rings. The van der Waals surface area contributed by atoms with Crippen LogP contribution in [-0.4, -0.2) is 28.5 Å². The number of nitrogens with two attached hydrogens (primary N) is 1. The molecule has 21 heavy (non-hydrogen) atoms. The molecule has 4 nitrogen and oxygen atoms in total. The molecule has 0 amide bonds. The molecule has 3 rings (SSSR count). The molecule has 1 heterocycles. The van der Waals surface area contributed by atoms with Gasteiger partial charge in [-0.3, -0.25) is 4.79 Å². The van der Waals surface area contributed by atoms with Crippen molar-refractivity contribution in [1.82, 2.24) is 5.32 Å². The van der Waals surface area contributed by atoms with E-state index in [1.165, 1.54) is 23.3 Å². The smallest absolute Gasteiger partial charge is 0.320 e. The van der Waals surface area contributed by atoms with Crippen molar-refractivity contribution in [1.29, 1.82) is 0 Å². The van der Waals surface area contributed by atoms with Crippen molar-refractivity contribution in [2.24, 2.45) is 11.7 Å².